The van der Waals surface area contributed by atoms with E-state index < -0.39 is 0 Å². The first kappa shape index (κ1) is 11.3. The zero-order valence-corrected chi connectivity index (χ0v) is 9.73. The van der Waals surface area contributed by atoms with Gasteiger partial charge in [0, 0.05) is 23.6 Å². The summed E-state index contributed by atoms with van der Waals surface area (Å²) in [6.45, 7) is 9.57. The van der Waals surface area contributed by atoms with Crippen molar-refractivity contribution in [3.63, 3.8) is 0 Å². The van der Waals surface area contributed by atoms with Gasteiger partial charge in [-0.05, 0) is 19.9 Å². The van der Waals surface area contributed by atoms with Crippen LogP contribution < -0.4 is 0 Å². The van der Waals surface area contributed by atoms with Crippen LogP contribution in [0.1, 0.15) is 27.2 Å². The molecule has 1 aliphatic heterocycles. The van der Waals surface area contributed by atoms with Crippen molar-refractivity contribution in [2.45, 2.75) is 38.0 Å². The molecule has 0 aromatic rings. The summed E-state index contributed by atoms with van der Waals surface area (Å²) in [6, 6.07) is 0. The average Bonchev–Trinajstić information content (AvgIpc) is 2.12. The molecule has 0 spiro atoms. The standard InChI is InChI=1S/C10H21NOS/c1-9(12)8-11-5-4-10(2,3)13-7-6-11/h9,12H,4-8H2,1-3H3/t9-/m0/s1. The van der Waals surface area contributed by atoms with Gasteiger partial charge in [0.1, 0.15) is 0 Å². The number of nitrogens with zero attached hydrogens (tertiary/aromatic N) is 1. The summed E-state index contributed by atoms with van der Waals surface area (Å²) in [4.78, 5) is 2.37. The molecule has 3 heteroatoms. The van der Waals surface area contributed by atoms with Crippen LogP contribution in [0.5, 0.6) is 0 Å². The minimum atomic E-state index is -0.189. The lowest BCUT2D eigenvalue weighted by Crippen LogP contribution is -2.33. The van der Waals surface area contributed by atoms with Crippen LogP contribution >= 0.6 is 11.8 Å². The smallest absolute Gasteiger partial charge is 0.0639 e. The monoisotopic (exact) mass is 203 g/mol. The van der Waals surface area contributed by atoms with Gasteiger partial charge in [-0.15, -0.1) is 0 Å². The minimum Gasteiger partial charge on any atom is -0.392 e. The van der Waals surface area contributed by atoms with Crippen LogP contribution in [-0.4, -0.2) is 46.2 Å². The second-order valence-electron chi connectivity index (χ2n) is 4.51. The maximum Gasteiger partial charge on any atom is 0.0639 e. The number of β-amino-alcohol motifs (C(OH)–C–C–N with tert-alkyl or cyclic N) is 1. The fourth-order valence-electron chi connectivity index (χ4n) is 1.62. The molecule has 1 N–H and O–H groups in total. The van der Waals surface area contributed by atoms with Crippen molar-refractivity contribution >= 4 is 11.8 Å². The quantitative estimate of drug-likeness (QED) is 0.737. The Morgan fingerprint density at radius 2 is 2.15 bits per heavy atom. The minimum absolute atomic E-state index is 0.189. The van der Waals surface area contributed by atoms with Crippen molar-refractivity contribution in [1.82, 2.24) is 4.90 Å². The highest BCUT2D eigenvalue weighted by Gasteiger charge is 2.23. The Morgan fingerprint density at radius 1 is 1.46 bits per heavy atom. The number of aliphatic hydroxyl groups excluding tert-OH is 1. The van der Waals surface area contributed by atoms with Gasteiger partial charge in [0.2, 0.25) is 0 Å². The van der Waals surface area contributed by atoms with Gasteiger partial charge in [0.05, 0.1) is 6.10 Å². The Balaban J connectivity index is 2.36. The summed E-state index contributed by atoms with van der Waals surface area (Å²) in [5.74, 6) is 1.19. The molecule has 1 saturated heterocycles. The fraction of sp³-hybridized carbons (Fsp3) is 1.00. The summed E-state index contributed by atoms with van der Waals surface area (Å²) in [5.41, 5.74) is 0. The fourth-order valence-corrected chi connectivity index (χ4v) is 2.76. The molecule has 0 saturated carbocycles. The van der Waals surface area contributed by atoms with Crippen LogP contribution in [0.4, 0.5) is 0 Å². The van der Waals surface area contributed by atoms with Gasteiger partial charge in [-0.1, -0.05) is 13.8 Å². The van der Waals surface area contributed by atoms with E-state index in [1.807, 2.05) is 18.7 Å². The Morgan fingerprint density at radius 3 is 2.77 bits per heavy atom. The predicted octanol–water partition coefficient (Wildman–Crippen LogP) is 1.58. The van der Waals surface area contributed by atoms with Gasteiger partial charge < -0.3 is 5.11 Å². The van der Waals surface area contributed by atoms with E-state index in [0.29, 0.717) is 4.75 Å². The van der Waals surface area contributed by atoms with Crippen molar-refractivity contribution in [3.8, 4) is 0 Å². The van der Waals surface area contributed by atoms with Gasteiger partial charge in [0.25, 0.3) is 0 Å². The second-order valence-corrected chi connectivity index (χ2v) is 6.31. The molecule has 2 nitrogen and oxygen atoms in total. The molecule has 0 unspecified atom stereocenters. The van der Waals surface area contributed by atoms with E-state index in [-0.39, 0.29) is 6.10 Å². The number of aliphatic hydroxyl groups is 1. The molecule has 1 heterocycles. The van der Waals surface area contributed by atoms with Crippen LogP contribution in [0.25, 0.3) is 0 Å². The molecule has 0 aliphatic carbocycles. The predicted molar refractivity (Wildman–Crippen MR) is 59.3 cm³/mol. The van der Waals surface area contributed by atoms with E-state index in [4.69, 9.17) is 0 Å². The van der Waals surface area contributed by atoms with Crippen LogP contribution in [-0.2, 0) is 0 Å². The summed E-state index contributed by atoms with van der Waals surface area (Å²) in [6.07, 6.45) is 1.04. The highest BCUT2D eigenvalue weighted by Crippen LogP contribution is 2.30. The van der Waals surface area contributed by atoms with Crippen molar-refractivity contribution < 1.29 is 5.11 Å². The van der Waals surface area contributed by atoms with E-state index in [0.717, 1.165) is 19.6 Å². The van der Waals surface area contributed by atoms with Crippen molar-refractivity contribution in [3.05, 3.63) is 0 Å². The summed E-state index contributed by atoms with van der Waals surface area (Å²) in [7, 11) is 0. The first-order valence-electron chi connectivity index (χ1n) is 5.04. The molecule has 0 aromatic heterocycles. The van der Waals surface area contributed by atoms with Crippen molar-refractivity contribution in [2.75, 3.05) is 25.4 Å². The van der Waals surface area contributed by atoms with Crippen LogP contribution in [0.2, 0.25) is 0 Å². The molecular weight excluding hydrogens is 182 g/mol. The molecular formula is C10H21NOS. The van der Waals surface area contributed by atoms with E-state index >= 15 is 0 Å². The zero-order chi connectivity index (χ0) is 9.90. The van der Waals surface area contributed by atoms with E-state index in [1.165, 1.54) is 12.2 Å². The Kier molecular flexibility index (Phi) is 4.07. The highest BCUT2D eigenvalue weighted by molar-refractivity contribution is 8.00. The van der Waals surface area contributed by atoms with E-state index in [1.54, 1.807) is 0 Å². The molecule has 1 aliphatic rings. The first-order chi connectivity index (χ1) is 5.99. The third-order valence-electron chi connectivity index (χ3n) is 2.45. The van der Waals surface area contributed by atoms with Crippen molar-refractivity contribution in [1.29, 1.82) is 0 Å². The number of rotatable bonds is 2. The molecule has 0 radical (unpaired) electrons. The molecule has 0 bridgehead atoms. The van der Waals surface area contributed by atoms with Crippen LogP contribution in [0, 0.1) is 0 Å². The molecule has 0 amide bonds. The third-order valence-corrected chi connectivity index (χ3v) is 3.83. The average molecular weight is 203 g/mol. The summed E-state index contributed by atoms with van der Waals surface area (Å²) < 4.78 is 0.424. The van der Waals surface area contributed by atoms with E-state index in [9.17, 15) is 5.11 Å². The van der Waals surface area contributed by atoms with Crippen LogP contribution in [0.3, 0.4) is 0 Å². The first-order valence-corrected chi connectivity index (χ1v) is 6.02. The molecule has 13 heavy (non-hydrogen) atoms. The topological polar surface area (TPSA) is 23.5 Å². The van der Waals surface area contributed by atoms with Crippen LogP contribution in [0.15, 0.2) is 0 Å². The van der Waals surface area contributed by atoms with Gasteiger partial charge in [0.15, 0.2) is 0 Å². The number of hydrogen-bond donors (Lipinski definition) is 1. The second kappa shape index (κ2) is 4.67. The normalized spacial score (nSPS) is 26.8. The molecule has 1 rings (SSSR count). The maximum atomic E-state index is 9.28. The SMILES string of the molecule is C[C@H](O)CN1CCSC(C)(C)CC1. The molecule has 0 aromatic carbocycles. The largest absolute Gasteiger partial charge is 0.392 e. The van der Waals surface area contributed by atoms with Gasteiger partial charge in [-0.2, -0.15) is 11.8 Å². The lowest BCUT2D eigenvalue weighted by atomic mass is 10.1. The lowest BCUT2D eigenvalue weighted by molar-refractivity contribution is 0.129. The summed E-state index contributed by atoms with van der Waals surface area (Å²) >= 11 is 2.05. The van der Waals surface area contributed by atoms with Gasteiger partial charge in [-0.25, -0.2) is 0 Å². The maximum absolute atomic E-state index is 9.28. The zero-order valence-electron chi connectivity index (χ0n) is 8.92. The van der Waals surface area contributed by atoms with E-state index in [2.05, 4.69) is 18.7 Å². The lowest BCUT2D eigenvalue weighted by Gasteiger charge is -2.23. The third kappa shape index (κ3) is 4.34. The highest BCUT2D eigenvalue weighted by atomic mass is 32.2. The summed E-state index contributed by atoms with van der Waals surface area (Å²) in [5, 5.41) is 9.28. The number of hydrogen-bond acceptors (Lipinski definition) is 3. The Hall–Kier alpha value is 0.270. The van der Waals surface area contributed by atoms with Crippen molar-refractivity contribution in [2.24, 2.45) is 0 Å². The Bertz CT molecular complexity index is 159. The Labute approximate surface area is 85.7 Å². The molecule has 1 atom stereocenters. The number of thioether (sulfide) groups is 1. The van der Waals surface area contributed by atoms with Gasteiger partial charge >= 0.3 is 0 Å². The van der Waals surface area contributed by atoms with Gasteiger partial charge in [-0.3, -0.25) is 4.90 Å². The molecule has 78 valence electrons. The molecule has 1 fully saturated rings.